The molecule has 2 rings (SSSR count). The zero-order chi connectivity index (χ0) is 17.9. The number of nitrogens with zero attached hydrogens (tertiary/aromatic N) is 2. The number of ketones is 1. The van der Waals surface area contributed by atoms with Gasteiger partial charge in [-0.05, 0) is 34.2 Å². The van der Waals surface area contributed by atoms with Crippen LogP contribution >= 0.6 is 11.3 Å². The molecule has 0 aliphatic rings. The van der Waals surface area contributed by atoms with E-state index in [9.17, 15) is 23.3 Å². The number of methoxy groups -OCH3 is 1. The molecule has 0 fully saturated rings. The van der Waals surface area contributed by atoms with Crippen molar-refractivity contribution in [3.63, 3.8) is 0 Å². The van der Waals surface area contributed by atoms with E-state index in [2.05, 4.69) is 4.98 Å². The lowest BCUT2D eigenvalue weighted by Gasteiger charge is -2.05. The first-order valence-electron chi connectivity index (χ1n) is 6.55. The second-order valence-corrected chi connectivity index (χ2v) is 7.12. The minimum Gasteiger partial charge on any atom is -0.497 e. The Bertz CT molecular complexity index is 872. The first kappa shape index (κ1) is 17.8. The smallest absolute Gasteiger partial charge is 0.398 e. The van der Waals surface area contributed by atoms with Gasteiger partial charge in [0.15, 0.2) is 0 Å². The third kappa shape index (κ3) is 3.68. The van der Waals surface area contributed by atoms with Crippen LogP contribution in [-0.4, -0.2) is 31.2 Å². The first-order chi connectivity index (χ1) is 11.3. The highest BCUT2D eigenvalue weighted by atomic mass is 32.3. The van der Waals surface area contributed by atoms with Gasteiger partial charge in [-0.25, -0.2) is 0 Å². The molecule has 0 spiro atoms. The van der Waals surface area contributed by atoms with E-state index in [-0.39, 0.29) is 17.2 Å². The third-order valence-corrected chi connectivity index (χ3v) is 5.60. The van der Waals surface area contributed by atoms with Crippen LogP contribution in [0.4, 0.5) is 5.82 Å². The maximum absolute atomic E-state index is 12.3. The monoisotopic (exact) mass is 372 g/mol. The number of nitro groups is 1. The fourth-order valence-corrected chi connectivity index (χ4v) is 3.95. The molecule has 0 bridgehead atoms. The van der Waals surface area contributed by atoms with Gasteiger partial charge in [0, 0.05) is 6.42 Å². The van der Waals surface area contributed by atoms with Gasteiger partial charge in [-0.2, -0.15) is 8.42 Å². The van der Waals surface area contributed by atoms with Crippen LogP contribution in [0.1, 0.15) is 23.1 Å². The summed E-state index contributed by atoms with van der Waals surface area (Å²) in [5, 5.41) is 10.8. The van der Waals surface area contributed by atoms with Crippen molar-refractivity contribution in [2.24, 2.45) is 0 Å². The largest absolute Gasteiger partial charge is 0.497 e. The molecule has 1 aromatic carbocycles. The number of aromatic nitrogens is 1. The van der Waals surface area contributed by atoms with Gasteiger partial charge in [0.1, 0.15) is 11.5 Å². The SMILES string of the molecule is CCC(=O)c1nc([N+](=O)[O-])c(S(=O)(=O)Oc2ccc(OC)cc2)s1. The Morgan fingerprint density at radius 2 is 1.88 bits per heavy atom. The summed E-state index contributed by atoms with van der Waals surface area (Å²) in [6.07, 6.45) is 0.0451. The predicted octanol–water partition coefficient (Wildman–Crippen LogP) is 2.42. The van der Waals surface area contributed by atoms with Crippen molar-refractivity contribution in [1.82, 2.24) is 4.98 Å². The summed E-state index contributed by atoms with van der Waals surface area (Å²) < 4.78 is 33.7. The van der Waals surface area contributed by atoms with Crippen molar-refractivity contribution in [3.8, 4) is 11.5 Å². The van der Waals surface area contributed by atoms with Crippen LogP contribution in [0.15, 0.2) is 28.5 Å². The molecule has 0 saturated carbocycles. The average Bonchev–Trinajstić information content (AvgIpc) is 3.01. The predicted molar refractivity (Wildman–Crippen MR) is 84.2 cm³/mol. The van der Waals surface area contributed by atoms with Crippen LogP contribution in [0.5, 0.6) is 11.5 Å². The van der Waals surface area contributed by atoms with Gasteiger partial charge in [0.05, 0.1) is 7.11 Å². The number of carbonyl (C=O) groups is 1. The zero-order valence-electron chi connectivity index (χ0n) is 12.6. The highest BCUT2D eigenvalue weighted by Crippen LogP contribution is 2.33. The molecule has 0 amide bonds. The number of hydrogen-bond acceptors (Lipinski definition) is 9. The Labute approximate surface area is 141 Å². The molecule has 128 valence electrons. The minimum atomic E-state index is -4.51. The summed E-state index contributed by atoms with van der Waals surface area (Å²) >= 11 is 0.414. The van der Waals surface area contributed by atoms with Crippen molar-refractivity contribution in [1.29, 1.82) is 0 Å². The Kier molecular flexibility index (Phi) is 5.14. The van der Waals surface area contributed by atoms with E-state index in [0.29, 0.717) is 17.1 Å². The summed E-state index contributed by atoms with van der Waals surface area (Å²) in [7, 11) is -3.06. The highest BCUT2D eigenvalue weighted by Gasteiger charge is 2.36. The van der Waals surface area contributed by atoms with Crippen LogP contribution in [-0.2, 0) is 10.1 Å². The maximum Gasteiger partial charge on any atom is 0.398 e. The molecule has 0 saturated heterocycles. The van der Waals surface area contributed by atoms with E-state index in [0.717, 1.165) is 0 Å². The van der Waals surface area contributed by atoms with Gasteiger partial charge in [0.25, 0.3) is 9.22 Å². The number of rotatable bonds is 7. The highest BCUT2D eigenvalue weighted by molar-refractivity contribution is 7.89. The van der Waals surface area contributed by atoms with E-state index < -0.39 is 30.9 Å². The van der Waals surface area contributed by atoms with Crippen molar-refractivity contribution >= 4 is 33.1 Å². The number of hydrogen-bond donors (Lipinski definition) is 0. The molecule has 0 N–H and O–H groups in total. The van der Waals surface area contributed by atoms with Gasteiger partial charge in [-0.3, -0.25) is 4.79 Å². The number of ether oxygens (including phenoxy) is 1. The van der Waals surface area contributed by atoms with E-state index in [1.54, 1.807) is 0 Å². The molecule has 0 unspecified atom stereocenters. The number of Topliss-reactive ketones (excluding diaryl/α,β-unsaturated/α-hetero) is 1. The fourth-order valence-electron chi connectivity index (χ4n) is 1.64. The van der Waals surface area contributed by atoms with Gasteiger partial charge in [0.2, 0.25) is 5.78 Å². The minimum absolute atomic E-state index is 0.0451. The van der Waals surface area contributed by atoms with E-state index in [1.165, 1.54) is 38.3 Å². The summed E-state index contributed by atoms with van der Waals surface area (Å²) in [6, 6.07) is 5.61. The fraction of sp³-hybridized carbons (Fsp3) is 0.231. The quantitative estimate of drug-likeness (QED) is 0.314. The van der Waals surface area contributed by atoms with Gasteiger partial charge in [-0.1, -0.05) is 18.3 Å². The Balaban J connectivity index is 2.41. The molecule has 0 aliphatic heterocycles. The van der Waals surface area contributed by atoms with Crippen LogP contribution in [0.3, 0.4) is 0 Å². The summed E-state index contributed by atoms with van der Waals surface area (Å²) in [6.45, 7) is 1.54. The lowest BCUT2D eigenvalue weighted by Crippen LogP contribution is -2.10. The summed E-state index contributed by atoms with van der Waals surface area (Å²) in [5.74, 6) is -0.986. The number of carbonyl (C=O) groups excluding carboxylic acids is 1. The molecule has 2 aromatic rings. The Hall–Kier alpha value is -2.53. The topological polar surface area (TPSA) is 126 Å². The lowest BCUT2D eigenvalue weighted by molar-refractivity contribution is -0.391. The molecular formula is C13H12N2O7S2. The van der Waals surface area contributed by atoms with Crippen LogP contribution in [0, 0.1) is 10.1 Å². The zero-order valence-corrected chi connectivity index (χ0v) is 14.2. The molecule has 0 aliphatic carbocycles. The van der Waals surface area contributed by atoms with E-state index >= 15 is 0 Å². The summed E-state index contributed by atoms with van der Waals surface area (Å²) in [5.41, 5.74) is 0. The average molecular weight is 372 g/mol. The molecule has 24 heavy (non-hydrogen) atoms. The van der Waals surface area contributed by atoms with Crippen molar-refractivity contribution in [2.75, 3.05) is 7.11 Å². The number of thiazole rings is 1. The number of benzene rings is 1. The summed E-state index contributed by atoms with van der Waals surface area (Å²) in [4.78, 5) is 25.2. The van der Waals surface area contributed by atoms with Crippen LogP contribution < -0.4 is 8.92 Å². The first-order valence-corrected chi connectivity index (χ1v) is 8.78. The lowest BCUT2D eigenvalue weighted by atomic mass is 10.3. The third-order valence-electron chi connectivity index (χ3n) is 2.80. The molecule has 0 atom stereocenters. The van der Waals surface area contributed by atoms with Crippen molar-refractivity contribution < 1.29 is 27.1 Å². The van der Waals surface area contributed by atoms with Gasteiger partial charge in [-0.15, -0.1) is 0 Å². The Morgan fingerprint density at radius 3 is 2.38 bits per heavy atom. The molecular weight excluding hydrogens is 360 g/mol. The molecule has 0 radical (unpaired) electrons. The Morgan fingerprint density at radius 1 is 1.29 bits per heavy atom. The molecule has 1 heterocycles. The van der Waals surface area contributed by atoms with Crippen molar-refractivity contribution in [2.45, 2.75) is 17.6 Å². The van der Waals surface area contributed by atoms with E-state index in [1.807, 2.05) is 0 Å². The van der Waals surface area contributed by atoms with E-state index in [4.69, 9.17) is 8.92 Å². The molecule has 1 aromatic heterocycles. The van der Waals surface area contributed by atoms with Gasteiger partial charge >= 0.3 is 15.9 Å². The van der Waals surface area contributed by atoms with Crippen LogP contribution in [0.2, 0.25) is 0 Å². The second kappa shape index (κ2) is 6.93. The second-order valence-electron chi connectivity index (χ2n) is 4.38. The molecule has 9 nitrogen and oxygen atoms in total. The standard InChI is InChI=1S/C13H12N2O7S2/c1-3-10(16)12-14-11(15(17)18)13(23-12)24(19,20)22-9-6-4-8(21-2)5-7-9/h4-7H,3H2,1-2H3. The molecule has 11 heteroatoms. The van der Waals surface area contributed by atoms with Gasteiger partial charge < -0.3 is 19.0 Å². The van der Waals surface area contributed by atoms with Crippen LogP contribution in [0.25, 0.3) is 0 Å². The normalized spacial score (nSPS) is 11.1. The van der Waals surface area contributed by atoms with Crippen molar-refractivity contribution in [3.05, 3.63) is 39.4 Å². The maximum atomic E-state index is 12.3.